The predicted octanol–water partition coefficient (Wildman–Crippen LogP) is 2.85. The number of pyridine rings is 2. The molecule has 4 rings (SSSR count). The van der Waals surface area contributed by atoms with Gasteiger partial charge in [-0.15, -0.1) is 0 Å². The van der Waals surface area contributed by atoms with Crippen molar-refractivity contribution in [2.45, 2.75) is 12.5 Å². The number of hydrogen-bond donors (Lipinski definition) is 1. The molecule has 3 aromatic heterocycles. The minimum Gasteiger partial charge on any atom is -0.368 e. The van der Waals surface area contributed by atoms with Crippen LogP contribution < -0.4 is 4.90 Å². The highest BCUT2D eigenvalue weighted by atomic mass is 16.2. The van der Waals surface area contributed by atoms with Crippen molar-refractivity contribution in [3.05, 3.63) is 55.6 Å². The Morgan fingerprint density at radius 1 is 1.42 bits per heavy atom. The second kappa shape index (κ2) is 6.63. The summed E-state index contributed by atoms with van der Waals surface area (Å²) in [6.45, 7) is 5.28. The lowest BCUT2D eigenvalue weighted by Crippen LogP contribution is -2.38. The topological polar surface area (TPSA) is 65.1 Å². The summed E-state index contributed by atoms with van der Waals surface area (Å²) in [5.74, 6) is -0.0314. The molecule has 1 saturated heterocycles. The van der Waals surface area contributed by atoms with Gasteiger partial charge in [0.15, 0.2) is 0 Å². The van der Waals surface area contributed by atoms with E-state index in [0.717, 1.165) is 47.4 Å². The largest absolute Gasteiger partial charge is 0.368 e. The van der Waals surface area contributed by atoms with Gasteiger partial charge < -0.3 is 14.8 Å². The van der Waals surface area contributed by atoms with Gasteiger partial charge in [0.1, 0.15) is 5.65 Å². The van der Waals surface area contributed by atoms with Crippen LogP contribution in [0, 0.1) is 0 Å². The lowest BCUT2D eigenvalue weighted by molar-refractivity contribution is -0.126. The highest BCUT2D eigenvalue weighted by Gasteiger charge is 2.28. The number of rotatable bonds is 4. The summed E-state index contributed by atoms with van der Waals surface area (Å²) in [6, 6.07) is 6.36. The minimum absolute atomic E-state index is 0.0314. The highest BCUT2D eigenvalue weighted by molar-refractivity contribution is 5.95. The first-order valence-corrected chi connectivity index (χ1v) is 8.69. The number of fused-ring (bicyclic) bond motifs is 1. The van der Waals surface area contributed by atoms with Crippen molar-refractivity contribution in [2.24, 2.45) is 0 Å². The van der Waals surface area contributed by atoms with Crippen molar-refractivity contribution in [1.82, 2.24) is 19.9 Å². The molecule has 0 unspecified atom stereocenters. The Morgan fingerprint density at radius 3 is 3.00 bits per heavy atom. The number of amides is 1. The summed E-state index contributed by atoms with van der Waals surface area (Å²) in [6.07, 6.45) is 9.79. The molecule has 4 heterocycles. The zero-order valence-corrected chi connectivity index (χ0v) is 14.7. The Bertz CT molecular complexity index is 949. The molecule has 3 aromatic rings. The van der Waals surface area contributed by atoms with Gasteiger partial charge in [-0.25, -0.2) is 4.98 Å². The second-order valence-corrected chi connectivity index (χ2v) is 6.57. The molecule has 1 aliphatic heterocycles. The van der Waals surface area contributed by atoms with E-state index in [2.05, 4.69) is 32.5 Å². The van der Waals surface area contributed by atoms with E-state index in [1.54, 1.807) is 17.3 Å². The number of anilines is 1. The van der Waals surface area contributed by atoms with Crippen molar-refractivity contribution in [2.75, 3.05) is 25.0 Å². The third kappa shape index (κ3) is 2.83. The predicted molar refractivity (Wildman–Crippen MR) is 103 cm³/mol. The molecule has 0 radical (unpaired) electrons. The number of H-pyrrole nitrogens is 1. The first-order chi connectivity index (χ1) is 12.7. The third-order valence-electron chi connectivity index (χ3n) is 5.11. The van der Waals surface area contributed by atoms with Crippen molar-refractivity contribution in [1.29, 1.82) is 0 Å². The molecule has 132 valence electrons. The molecule has 0 saturated carbocycles. The average Bonchev–Trinajstić information content (AvgIpc) is 3.34. The molecule has 0 bridgehead atoms. The molecule has 6 heteroatoms. The van der Waals surface area contributed by atoms with Crippen LogP contribution in [0.4, 0.5) is 5.69 Å². The third-order valence-corrected chi connectivity index (χ3v) is 5.11. The Labute approximate surface area is 152 Å². The molecule has 1 fully saturated rings. The number of carbonyl (C=O) groups is 1. The van der Waals surface area contributed by atoms with Gasteiger partial charge in [0, 0.05) is 49.7 Å². The normalized spacial score (nSPS) is 16.8. The zero-order chi connectivity index (χ0) is 18.1. The van der Waals surface area contributed by atoms with Crippen molar-refractivity contribution < 1.29 is 4.79 Å². The fourth-order valence-electron chi connectivity index (χ4n) is 3.55. The summed E-state index contributed by atoms with van der Waals surface area (Å²) in [5, 5.41) is 1.09. The summed E-state index contributed by atoms with van der Waals surface area (Å²) < 4.78 is 0. The summed E-state index contributed by atoms with van der Waals surface area (Å²) in [7, 11) is 1.84. The maximum atomic E-state index is 11.9. The molecular weight excluding hydrogens is 326 g/mol. The molecule has 6 nitrogen and oxygen atoms in total. The van der Waals surface area contributed by atoms with E-state index in [9.17, 15) is 4.79 Å². The number of aromatic nitrogens is 3. The Kier molecular flexibility index (Phi) is 4.16. The van der Waals surface area contributed by atoms with Crippen LogP contribution in [0.3, 0.4) is 0 Å². The van der Waals surface area contributed by atoms with Crippen LogP contribution in [0.1, 0.15) is 6.42 Å². The van der Waals surface area contributed by atoms with Crippen LogP contribution >= 0.6 is 0 Å². The molecule has 1 amide bonds. The summed E-state index contributed by atoms with van der Waals surface area (Å²) in [4.78, 5) is 27.8. The molecule has 26 heavy (non-hydrogen) atoms. The van der Waals surface area contributed by atoms with Crippen LogP contribution in [0.2, 0.25) is 0 Å². The van der Waals surface area contributed by atoms with Crippen molar-refractivity contribution in [3.63, 3.8) is 0 Å². The number of likely N-dealkylation sites (N-methyl/N-ethyl adjacent to an activating group) is 1. The first kappa shape index (κ1) is 16.3. The molecule has 1 atom stereocenters. The van der Waals surface area contributed by atoms with E-state index in [1.807, 2.05) is 31.6 Å². The Morgan fingerprint density at radius 2 is 2.23 bits per heavy atom. The molecular formula is C20H21N5O. The van der Waals surface area contributed by atoms with Crippen LogP contribution in [0.25, 0.3) is 22.2 Å². The highest BCUT2D eigenvalue weighted by Crippen LogP contribution is 2.31. The van der Waals surface area contributed by atoms with Gasteiger partial charge in [-0.1, -0.05) is 6.58 Å². The number of nitrogens with one attached hydrogen (secondary N) is 1. The number of nitrogens with zero attached hydrogens (tertiary/aromatic N) is 4. The van der Waals surface area contributed by atoms with Gasteiger partial charge in [0.25, 0.3) is 0 Å². The lowest BCUT2D eigenvalue weighted by atomic mass is 10.1. The molecule has 1 aliphatic rings. The number of carbonyl (C=O) groups excluding carboxylic acids is 1. The van der Waals surface area contributed by atoms with E-state index in [0.29, 0.717) is 0 Å². The monoisotopic (exact) mass is 347 g/mol. The van der Waals surface area contributed by atoms with Gasteiger partial charge in [-0.3, -0.25) is 9.78 Å². The van der Waals surface area contributed by atoms with E-state index in [1.165, 1.54) is 6.08 Å². The van der Waals surface area contributed by atoms with E-state index < -0.39 is 0 Å². The van der Waals surface area contributed by atoms with E-state index >= 15 is 0 Å². The smallest absolute Gasteiger partial charge is 0.246 e. The maximum absolute atomic E-state index is 11.9. The maximum Gasteiger partial charge on any atom is 0.246 e. The Hall–Kier alpha value is -3.15. The Balaban J connectivity index is 1.62. The number of aromatic amines is 1. The van der Waals surface area contributed by atoms with Crippen LogP contribution in [-0.4, -0.2) is 51.9 Å². The minimum atomic E-state index is -0.0314. The summed E-state index contributed by atoms with van der Waals surface area (Å²) in [5.41, 5.74) is 4.18. The van der Waals surface area contributed by atoms with Gasteiger partial charge >= 0.3 is 0 Å². The average molecular weight is 347 g/mol. The second-order valence-electron chi connectivity index (χ2n) is 6.57. The summed E-state index contributed by atoms with van der Waals surface area (Å²) >= 11 is 0. The molecule has 1 N–H and O–H groups in total. The van der Waals surface area contributed by atoms with Gasteiger partial charge in [-0.05, 0) is 36.3 Å². The molecule has 0 aliphatic carbocycles. The standard InChI is InChI=1S/C20H21N5O/c1-3-19(26)24(2)15-6-9-25(13-15)16-10-17-18(12-23-20(17)22-11-16)14-4-7-21-8-5-14/h3-5,7-8,10-12,15H,1,6,9,13H2,2H3,(H,22,23)/t15-/m1/s1. The lowest BCUT2D eigenvalue weighted by Gasteiger charge is -2.24. The quantitative estimate of drug-likeness (QED) is 0.737. The van der Waals surface area contributed by atoms with Crippen LogP contribution in [-0.2, 0) is 4.79 Å². The van der Waals surface area contributed by atoms with Crippen LogP contribution in [0.15, 0.2) is 55.6 Å². The van der Waals surface area contributed by atoms with Gasteiger partial charge in [-0.2, -0.15) is 0 Å². The van der Waals surface area contributed by atoms with Gasteiger partial charge in [0.2, 0.25) is 5.91 Å². The fourth-order valence-corrected chi connectivity index (χ4v) is 3.55. The molecule has 0 spiro atoms. The van der Waals surface area contributed by atoms with E-state index in [-0.39, 0.29) is 11.9 Å². The van der Waals surface area contributed by atoms with Gasteiger partial charge in [0.05, 0.1) is 17.9 Å². The molecule has 0 aromatic carbocycles. The first-order valence-electron chi connectivity index (χ1n) is 8.69. The SMILES string of the molecule is C=CC(=O)N(C)[C@@H]1CCN(c2cnc3[nH]cc(-c4ccncc4)c3c2)C1. The van der Waals surface area contributed by atoms with E-state index in [4.69, 9.17) is 0 Å². The van der Waals surface area contributed by atoms with Crippen LogP contribution in [0.5, 0.6) is 0 Å². The van der Waals surface area contributed by atoms with Crippen molar-refractivity contribution in [3.8, 4) is 11.1 Å². The van der Waals surface area contributed by atoms with Crippen molar-refractivity contribution >= 4 is 22.6 Å². The number of hydrogen-bond acceptors (Lipinski definition) is 4. The zero-order valence-electron chi connectivity index (χ0n) is 14.7. The fraction of sp³-hybridized carbons (Fsp3) is 0.250.